The second-order valence-corrected chi connectivity index (χ2v) is 14.6. The maximum Gasteiger partial charge on any atom is 0.472 e. The Morgan fingerprint density at radius 1 is 0.585 bits per heavy atom. The van der Waals surface area contributed by atoms with E-state index in [1.54, 1.807) is 0 Å². The number of phosphoric acid groups is 1. The summed E-state index contributed by atoms with van der Waals surface area (Å²) >= 11 is 0. The molecule has 0 bridgehead atoms. The van der Waals surface area contributed by atoms with Gasteiger partial charge in [-0.15, -0.1) is 0 Å². The monoisotopic (exact) mass is 764 g/mol. The third kappa shape index (κ3) is 39.0. The van der Waals surface area contributed by atoms with E-state index in [2.05, 4.69) is 74.6 Å². The summed E-state index contributed by atoms with van der Waals surface area (Å²) in [5, 5.41) is 0. The quantitative estimate of drug-likeness (QED) is 0.0274. The number of allylic oxidation sites excluding steroid dienone is 12. The van der Waals surface area contributed by atoms with E-state index >= 15 is 0 Å². The van der Waals surface area contributed by atoms with Crippen molar-refractivity contribution in [2.24, 2.45) is 5.73 Å². The molecule has 0 fully saturated rings. The van der Waals surface area contributed by atoms with Crippen LogP contribution in [0.15, 0.2) is 72.9 Å². The van der Waals surface area contributed by atoms with Crippen molar-refractivity contribution < 1.29 is 37.6 Å². The Hall–Kier alpha value is -2.55. The van der Waals surface area contributed by atoms with Gasteiger partial charge in [0.15, 0.2) is 6.10 Å². The van der Waals surface area contributed by atoms with Crippen molar-refractivity contribution in [3.63, 3.8) is 0 Å². The van der Waals surface area contributed by atoms with Gasteiger partial charge in [-0.05, 0) is 51.4 Å². The van der Waals surface area contributed by atoms with Crippen LogP contribution in [0.1, 0.15) is 155 Å². The van der Waals surface area contributed by atoms with Crippen LogP contribution >= 0.6 is 7.82 Å². The molecule has 2 unspecified atom stereocenters. The fourth-order valence-corrected chi connectivity index (χ4v) is 5.89. The number of hydrogen-bond acceptors (Lipinski definition) is 8. The van der Waals surface area contributed by atoms with E-state index in [4.69, 9.17) is 24.3 Å². The number of carbonyl (C=O) groups excluding carboxylic acids is 2. The van der Waals surface area contributed by atoms with Gasteiger partial charge in [-0.1, -0.05) is 164 Å². The van der Waals surface area contributed by atoms with E-state index < -0.39 is 32.5 Å². The lowest BCUT2D eigenvalue weighted by molar-refractivity contribution is -0.161. The van der Waals surface area contributed by atoms with Crippen LogP contribution in [0.3, 0.4) is 0 Å². The van der Waals surface area contributed by atoms with Gasteiger partial charge in [-0.25, -0.2) is 4.57 Å². The van der Waals surface area contributed by atoms with E-state index in [1.165, 1.54) is 64.2 Å². The number of ether oxygens (including phenoxy) is 2. The molecule has 0 aromatic heterocycles. The van der Waals surface area contributed by atoms with Gasteiger partial charge >= 0.3 is 19.8 Å². The van der Waals surface area contributed by atoms with Crippen LogP contribution in [0, 0.1) is 0 Å². The summed E-state index contributed by atoms with van der Waals surface area (Å²) in [5.41, 5.74) is 5.33. The first kappa shape index (κ1) is 50.5. The molecular weight excluding hydrogens is 689 g/mol. The molecule has 304 valence electrons. The highest BCUT2D eigenvalue weighted by Gasteiger charge is 2.25. The lowest BCUT2D eigenvalue weighted by Crippen LogP contribution is -2.29. The van der Waals surface area contributed by atoms with Crippen molar-refractivity contribution in [3.8, 4) is 0 Å². The van der Waals surface area contributed by atoms with Crippen LogP contribution in [-0.4, -0.2) is 49.3 Å². The molecule has 9 nitrogen and oxygen atoms in total. The Kier molecular flexibility index (Phi) is 37.3. The molecule has 10 heteroatoms. The Morgan fingerprint density at radius 3 is 1.51 bits per heavy atom. The van der Waals surface area contributed by atoms with Crippen LogP contribution < -0.4 is 5.73 Å². The van der Waals surface area contributed by atoms with Crippen molar-refractivity contribution in [1.82, 2.24) is 0 Å². The van der Waals surface area contributed by atoms with Crippen molar-refractivity contribution in [2.75, 3.05) is 26.4 Å². The summed E-state index contributed by atoms with van der Waals surface area (Å²) in [7, 11) is -4.40. The highest BCUT2D eigenvalue weighted by molar-refractivity contribution is 7.47. The Labute approximate surface area is 322 Å². The predicted molar refractivity (Wildman–Crippen MR) is 219 cm³/mol. The minimum atomic E-state index is -4.40. The van der Waals surface area contributed by atoms with E-state index in [-0.39, 0.29) is 32.6 Å². The zero-order chi connectivity index (χ0) is 38.9. The summed E-state index contributed by atoms with van der Waals surface area (Å²) in [6.45, 7) is 3.51. The molecule has 0 heterocycles. The van der Waals surface area contributed by atoms with Crippen LogP contribution in [0.4, 0.5) is 0 Å². The van der Waals surface area contributed by atoms with Gasteiger partial charge in [0.05, 0.1) is 13.2 Å². The molecule has 2 atom stereocenters. The summed E-state index contributed by atoms with van der Waals surface area (Å²) in [4.78, 5) is 34.7. The molecule has 0 spiro atoms. The van der Waals surface area contributed by atoms with Crippen LogP contribution in [-0.2, 0) is 32.7 Å². The number of rotatable bonds is 37. The molecule has 0 aliphatic heterocycles. The first-order valence-electron chi connectivity index (χ1n) is 20.4. The number of nitrogens with two attached hydrogens (primary N) is 1. The zero-order valence-corrected chi connectivity index (χ0v) is 34.1. The SMILES string of the molecule is CCC=CCC=CCC=CCC=CCC=CCC=CCCC(=O)OC(COC(=O)CCCCCCCCCCCCCCC)COP(=O)(O)OCCN. The normalized spacial score (nSPS) is 14.1. The summed E-state index contributed by atoms with van der Waals surface area (Å²) < 4.78 is 32.6. The number of esters is 2. The number of hydrogen-bond donors (Lipinski definition) is 2. The lowest BCUT2D eigenvalue weighted by Gasteiger charge is -2.19. The standard InChI is InChI=1S/C43H74NO8P/c1-3-5-7-9-11-13-15-17-18-19-20-21-22-24-26-28-30-32-34-36-43(46)52-41(40-51-53(47,48)50-38-37-44)39-49-42(45)35-33-31-29-27-25-23-16-14-12-10-8-6-4-2/h5,7,11,13,17-18,20-21,24,26,30,32,41H,3-4,6,8-10,12,14-16,19,22-23,25,27-29,31,33-40,44H2,1-2H3,(H,47,48). The van der Waals surface area contributed by atoms with E-state index in [1.807, 2.05) is 12.2 Å². The number of carbonyl (C=O) groups is 2. The van der Waals surface area contributed by atoms with Crippen LogP contribution in [0.25, 0.3) is 0 Å². The maximum absolute atomic E-state index is 12.5. The van der Waals surface area contributed by atoms with Crippen LogP contribution in [0.2, 0.25) is 0 Å². The Balaban J connectivity index is 4.33. The molecule has 0 aliphatic rings. The Bertz CT molecular complexity index is 1100. The molecule has 0 saturated heterocycles. The average Bonchev–Trinajstić information content (AvgIpc) is 3.14. The van der Waals surface area contributed by atoms with Crippen molar-refractivity contribution in [1.29, 1.82) is 0 Å². The molecule has 0 radical (unpaired) electrons. The minimum absolute atomic E-state index is 0.0394. The second kappa shape index (κ2) is 39.2. The van der Waals surface area contributed by atoms with Crippen LogP contribution in [0.5, 0.6) is 0 Å². The van der Waals surface area contributed by atoms with Crippen molar-refractivity contribution in [3.05, 3.63) is 72.9 Å². The molecule has 53 heavy (non-hydrogen) atoms. The van der Waals surface area contributed by atoms with Gasteiger partial charge in [0.1, 0.15) is 6.61 Å². The van der Waals surface area contributed by atoms with E-state index in [0.29, 0.717) is 6.42 Å². The first-order chi connectivity index (χ1) is 25.8. The fourth-order valence-electron chi connectivity index (χ4n) is 5.13. The third-order valence-electron chi connectivity index (χ3n) is 8.12. The fraction of sp³-hybridized carbons (Fsp3) is 0.674. The van der Waals surface area contributed by atoms with Crippen molar-refractivity contribution in [2.45, 2.75) is 161 Å². The minimum Gasteiger partial charge on any atom is -0.462 e. The highest BCUT2D eigenvalue weighted by Crippen LogP contribution is 2.43. The number of phosphoric ester groups is 1. The van der Waals surface area contributed by atoms with Gasteiger partial charge in [0.2, 0.25) is 0 Å². The summed E-state index contributed by atoms with van der Waals surface area (Å²) in [6, 6.07) is 0. The zero-order valence-electron chi connectivity index (χ0n) is 33.2. The molecule has 0 aliphatic carbocycles. The van der Waals surface area contributed by atoms with Gasteiger partial charge in [-0.2, -0.15) is 0 Å². The Morgan fingerprint density at radius 2 is 1.04 bits per heavy atom. The van der Waals surface area contributed by atoms with Gasteiger partial charge in [-0.3, -0.25) is 18.6 Å². The molecule has 0 amide bonds. The third-order valence-corrected chi connectivity index (χ3v) is 9.10. The van der Waals surface area contributed by atoms with E-state index in [9.17, 15) is 19.0 Å². The lowest BCUT2D eigenvalue weighted by atomic mass is 10.0. The molecule has 0 rings (SSSR count). The maximum atomic E-state index is 12.5. The van der Waals surface area contributed by atoms with Gasteiger partial charge in [0, 0.05) is 19.4 Å². The summed E-state index contributed by atoms with van der Waals surface area (Å²) in [5.74, 6) is -0.931. The molecule has 3 N–H and O–H groups in total. The molecule has 0 saturated carbocycles. The molecule has 0 aromatic rings. The smallest absolute Gasteiger partial charge is 0.462 e. The first-order valence-corrected chi connectivity index (χ1v) is 21.9. The predicted octanol–water partition coefficient (Wildman–Crippen LogP) is 11.5. The summed E-state index contributed by atoms with van der Waals surface area (Å²) in [6.07, 6.45) is 46.6. The topological polar surface area (TPSA) is 134 Å². The molecular formula is C43H74NO8P. The molecule has 0 aromatic carbocycles. The van der Waals surface area contributed by atoms with Crippen molar-refractivity contribution >= 4 is 19.8 Å². The van der Waals surface area contributed by atoms with Gasteiger partial charge in [0.25, 0.3) is 0 Å². The number of unbranched alkanes of at least 4 members (excludes halogenated alkanes) is 12. The largest absolute Gasteiger partial charge is 0.472 e. The second-order valence-electron chi connectivity index (χ2n) is 13.1. The van der Waals surface area contributed by atoms with E-state index in [0.717, 1.165) is 57.8 Å². The average molecular weight is 764 g/mol. The van der Waals surface area contributed by atoms with Gasteiger partial charge < -0.3 is 20.1 Å². The highest BCUT2D eigenvalue weighted by atomic mass is 31.2.